The third-order valence-electron chi connectivity index (χ3n) is 4.77. The molecule has 0 radical (unpaired) electrons. The summed E-state index contributed by atoms with van der Waals surface area (Å²) in [6.45, 7) is 4.78. The van der Waals surface area contributed by atoms with Crippen molar-refractivity contribution in [3.05, 3.63) is 71.9 Å². The smallest absolute Gasteiger partial charge is 0.270 e. The Balaban J connectivity index is 1.37. The molecule has 1 amide bonds. The Kier molecular flexibility index (Phi) is 4.93. The van der Waals surface area contributed by atoms with Crippen molar-refractivity contribution in [1.82, 2.24) is 30.0 Å². The number of fused-ring (bicyclic) bond motifs is 1. The maximum Gasteiger partial charge on any atom is 0.270 e. The minimum atomic E-state index is -0.171. The average molecular weight is 362 g/mol. The standard InChI is InChI=1S/C20H22N6O/c1-15(11-25-10-9-16-5-2-3-6-17(16)12-25)23-20(27)18-7-4-8-19(24-18)26-13-21-22-14-26/h2-8,13-15H,9-12H2,1H3,(H,23,27)/t15-/m0/s1. The van der Waals surface area contributed by atoms with Crippen LogP contribution >= 0.6 is 0 Å². The number of rotatable bonds is 5. The van der Waals surface area contributed by atoms with E-state index < -0.39 is 0 Å². The van der Waals surface area contributed by atoms with E-state index >= 15 is 0 Å². The maximum absolute atomic E-state index is 12.6. The molecule has 0 saturated carbocycles. The zero-order chi connectivity index (χ0) is 18.6. The van der Waals surface area contributed by atoms with Gasteiger partial charge in [-0.2, -0.15) is 0 Å². The number of carbonyl (C=O) groups excluding carboxylic acids is 1. The number of amides is 1. The molecule has 7 nitrogen and oxygen atoms in total. The SMILES string of the molecule is C[C@@H](CN1CCc2ccccc2C1)NC(=O)c1cccc(-n2cnnc2)n1. The maximum atomic E-state index is 12.6. The minimum absolute atomic E-state index is 0.0307. The molecule has 27 heavy (non-hydrogen) atoms. The Bertz CT molecular complexity index is 924. The van der Waals surface area contributed by atoms with Crippen LogP contribution in [0, 0.1) is 0 Å². The van der Waals surface area contributed by atoms with Gasteiger partial charge in [-0.15, -0.1) is 10.2 Å². The van der Waals surface area contributed by atoms with Crippen molar-refractivity contribution < 1.29 is 4.79 Å². The van der Waals surface area contributed by atoms with Gasteiger partial charge in [0.15, 0.2) is 0 Å². The molecule has 138 valence electrons. The third kappa shape index (κ3) is 4.03. The van der Waals surface area contributed by atoms with Gasteiger partial charge < -0.3 is 5.32 Å². The number of nitrogens with one attached hydrogen (secondary N) is 1. The van der Waals surface area contributed by atoms with Crippen LogP contribution in [-0.2, 0) is 13.0 Å². The molecular weight excluding hydrogens is 340 g/mol. The lowest BCUT2D eigenvalue weighted by molar-refractivity contribution is 0.0922. The Morgan fingerprint density at radius 3 is 2.70 bits per heavy atom. The molecule has 1 aromatic carbocycles. The van der Waals surface area contributed by atoms with E-state index in [0.29, 0.717) is 11.5 Å². The fraction of sp³-hybridized carbons (Fsp3) is 0.300. The van der Waals surface area contributed by atoms with Crippen molar-refractivity contribution in [1.29, 1.82) is 0 Å². The normalized spacial score (nSPS) is 15.1. The highest BCUT2D eigenvalue weighted by atomic mass is 16.1. The van der Waals surface area contributed by atoms with Gasteiger partial charge in [0.05, 0.1) is 0 Å². The fourth-order valence-corrected chi connectivity index (χ4v) is 3.45. The van der Waals surface area contributed by atoms with Gasteiger partial charge in [0.25, 0.3) is 5.91 Å². The molecule has 2 aromatic heterocycles. The molecular formula is C20H22N6O. The summed E-state index contributed by atoms with van der Waals surface area (Å²) >= 11 is 0. The zero-order valence-electron chi connectivity index (χ0n) is 15.2. The van der Waals surface area contributed by atoms with Crippen LogP contribution in [0.3, 0.4) is 0 Å². The highest BCUT2D eigenvalue weighted by Gasteiger charge is 2.19. The molecule has 3 heterocycles. The summed E-state index contributed by atoms with van der Waals surface area (Å²) in [6, 6.07) is 13.9. The molecule has 1 N–H and O–H groups in total. The number of benzene rings is 1. The van der Waals surface area contributed by atoms with Crippen molar-refractivity contribution in [2.24, 2.45) is 0 Å². The van der Waals surface area contributed by atoms with E-state index in [1.807, 2.05) is 19.1 Å². The van der Waals surface area contributed by atoms with Crippen LogP contribution in [0.2, 0.25) is 0 Å². The topological polar surface area (TPSA) is 75.9 Å². The van der Waals surface area contributed by atoms with Crippen LogP contribution in [0.25, 0.3) is 5.82 Å². The summed E-state index contributed by atoms with van der Waals surface area (Å²) in [7, 11) is 0. The monoisotopic (exact) mass is 362 g/mol. The second kappa shape index (κ2) is 7.67. The largest absolute Gasteiger partial charge is 0.347 e. The number of carbonyl (C=O) groups is 1. The van der Waals surface area contributed by atoms with Crippen LogP contribution in [0.4, 0.5) is 0 Å². The van der Waals surface area contributed by atoms with E-state index in [-0.39, 0.29) is 11.9 Å². The first kappa shape index (κ1) is 17.4. The lowest BCUT2D eigenvalue weighted by atomic mass is 10.00. The third-order valence-corrected chi connectivity index (χ3v) is 4.77. The number of hydrogen-bond donors (Lipinski definition) is 1. The van der Waals surface area contributed by atoms with E-state index in [1.165, 1.54) is 11.1 Å². The molecule has 1 aliphatic rings. The van der Waals surface area contributed by atoms with Crippen molar-refractivity contribution in [2.75, 3.05) is 13.1 Å². The molecule has 0 unspecified atom stereocenters. The van der Waals surface area contributed by atoms with Gasteiger partial charge in [-0.1, -0.05) is 30.3 Å². The summed E-state index contributed by atoms with van der Waals surface area (Å²) in [6.07, 6.45) is 4.17. The number of aromatic nitrogens is 4. The number of hydrogen-bond acceptors (Lipinski definition) is 5. The molecule has 0 aliphatic carbocycles. The lowest BCUT2D eigenvalue weighted by Crippen LogP contribution is -2.43. The fourth-order valence-electron chi connectivity index (χ4n) is 3.45. The predicted octanol–water partition coefficient (Wildman–Crippen LogP) is 1.84. The van der Waals surface area contributed by atoms with Gasteiger partial charge >= 0.3 is 0 Å². The zero-order valence-corrected chi connectivity index (χ0v) is 15.2. The minimum Gasteiger partial charge on any atom is -0.347 e. The van der Waals surface area contributed by atoms with Gasteiger partial charge in [-0.3, -0.25) is 14.3 Å². The van der Waals surface area contributed by atoms with Gasteiger partial charge in [0.2, 0.25) is 0 Å². The van der Waals surface area contributed by atoms with E-state index in [4.69, 9.17) is 0 Å². The first-order valence-electron chi connectivity index (χ1n) is 9.11. The number of pyridine rings is 1. The quantitative estimate of drug-likeness (QED) is 0.749. The average Bonchev–Trinajstić information content (AvgIpc) is 3.23. The van der Waals surface area contributed by atoms with Crippen LogP contribution in [-0.4, -0.2) is 49.7 Å². The van der Waals surface area contributed by atoms with E-state index in [9.17, 15) is 4.79 Å². The van der Waals surface area contributed by atoms with E-state index in [0.717, 1.165) is 26.1 Å². The van der Waals surface area contributed by atoms with Gasteiger partial charge in [-0.05, 0) is 36.6 Å². The number of nitrogens with zero attached hydrogens (tertiary/aromatic N) is 5. The van der Waals surface area contributed by atoms with Crippen molar-refractivity contribution in [3.8, 4) is 5.82 Å². The Labute approximate surface area is 158 Å². The van der Waals surface area contributed by atoms with Crippen LogP contribution < -0.4 is 5.32 Å². The highest BCUT2D eigenvalue weighted by molar-refractivity contribution is 5.92. The molecule has 3 aromatic rings. The van der Waals surface area contributed by atoms with Crippen molar-refractivity contribution in [3.63, 3.8) is 0 Å². The lowest BCUT2D eigenvalue weighted by Gasteiger charge is -2.31. The molecule has 0 fully saturated rings. The predicted molar refractivity (Wildman–Crippen MR) is 102 cm³/mol. The Morgan fingerprint density at radius 1 is 1.11 bits per heavy atom. The first-order chi connectivity index (χ1) is 13.2. The van der Waals surface area contributed by atoms with E-state index in [2.05, 4.69) is 49.7 Å². The first-order valence-corrected chi connectivity index (χ1v) is 9.11. The second-order valence-electron chi connectivity index (χ2n) is 6.88. The summed E-state index contributed by atoms with van der Waals surface area (Å²) in [5.41, 5.74) is 3.20. The van der Waals surface area contributed by atoms with Gasteiger partial charge in [0.1, 0.15) is 24.2 Å². The van der Waals surface area contributed by atoms with Gasteiger partial charge in [0, 0.05) is 25.7 Å². The van der Waals surface area contributed by atoms with E-state index in [1.54, 1.807) is 23.3 Å². The molecule has 0 spiro atoms. The molecule has 0 saturated heterocycles. The molecule has 7 heteroatoms. The summed E-state index contributed by atoms with van der Waals surface area (Å²) in [4.78, 5) is 19.4. The molecule has 1 aliphatic heterocycles. The van der Waals surface area contributed by atoms with Crippen molar-refractivity contribution >= 4 is 5.91 Å². The van der Waals surface area contributed by atoms with Gasteiger partial charge in [-0.25, -0.2) is 4.98 Å². The summed E-state index contributed by atoms with van der Waals surface area (Å²) in [5.74, 6) is 0.447. The Hall–Kier alpha value is -3.06. The van der Waals surface area contributed by atoms with Crippen LogP contribution in [0.15, 0.2) is 55.1 Å². The highest BCUT2D eigenvalue weighted by Crippen LogP contribution is 2.18. The Morgan fingerprint density at radius 2 is 1.89 bits per heavy atom. The summed E-state index contributed by atoms with van der Waals surface area (Å²) in [5, 5.41) is 10.6. The van der Waals surface area contributed by atoms with Crippen LogP contribution in [0.1, 0.15) is 28.5 Å². The second-order valence-corrected chi connectivity index (χ2v) is 6.88. The molecule has 4 rings (SSSR count). The molecule has 0 bridgehead atoms. The molecule has 1 atom stereocenters. The van der Waals surface area contributed by atoms with Crippen molar-refractivity contribution in [2.45, 2.75) is 25.9 Å². The summed E-state index contributed by atoms with van der Waals surface area (Å²) < 4.78 is 1.67. The van der Waals surface area contributed by atoms with Crippen LogP contribution in [0.5, 0.6) is 0 Å².